The summed E-state index contributed by atoms with van der Waals surface area (Å²) in [7, 11) is -3.20. The van der Waals surface area contributed by atoms with E-state index in [-0.39, 0.29) is 18.2 Å². The number of piperidine rings is 1. The monoisotopic (exact) mass is 570 g/mol. The van der Waals surface area contributed by atoms with Crippen LogP contribution in [0.2, 0.25) is 5.02 Å². The molecule has 2 fully saturated rings. The maximum atomic E-state index is 11.8. The molecule has 0 bridgehead atoms. The summed E-state index contributed by atoms with van der Waals surface area (Å²) in [6.07, 6.45) is 9.90. The van der Waals surface area contributed by atoms with Crippen LogP contribution >= 0.6 is 11.6 Å². The average Bonchev–Trinajstić information content (AvgIpc) is 3.56. The molecule has 3 heterocycles. The summed E-state index contributed by atoms with van der Waals surface area (Å²) in [5.41, 5.74) is 3.10. The first kappa shape index (κ1) is 27.5. The van der Waals surface area contributed by atoms with Crippen LogP contribution in [0, 0.1) is 11.3 Å². The van der Waals surface area contributed by atoms with E-state index >= 15 is 0 Å². The van der Waals surface area contributed by atoms with Crippen LogP contribution in [0.15, 0.2) is 36.8 Å². The van der Waals surface area contributed by atoms with E-state index in [0.29, 0.717) is 66.0 Å². The summed E-state index contributed by atoms with van der Waals surface area (Å²) in [6.45, 7) is 1.48. The third kappa shape index (κ3) is 6.40. The van der Waals surface area contributed by atoms with Gasteiger partial charge < -0.3 is 15.7 Å². The van der Waals surface area contributed by atoms with Gasteiger partial charge in [-0.15, -0.1) is 0 Å². The number of hydrogen-bond acceptors (Lipinski definition) is 9. The molecule has 2 atom stereocenters. The van der Waals surface area contributed by atoms with Crippen LogP contribution in [0.5, 0.6) is 0 Å². The maximum absolute atomic E-state index is 11.8. The summed E-state index contributed by atoms with van der Waals surface area (Å²) in [5, 5.41) is 31.4. The van der Waals surface area contributed by atoms with Crippen molar-refractivity contribution in [3.8, 4) is 23.0 Å². The Morgan fingerprint density at radius 2 is 2.00 bits per heavy atom. The zero-order valence-electron chi connectivity index (χ0n) is 21.6. The highest BCUT2D eigenvalue weighted by atomic mass is 35.5. The largest absolute Gasteiger partial charge is 0.392 e. The normalized spacial score (nSPS) is 20.7. The number of nitrogens with one attached hydrogen (secondary N) is 2. The molecule has 1 aliphatic carbocycles. The zero-order valence-corrected chi connectivity index (χ0v) is 23.2. The second-order valence-electron chi connectivity index (χ2n) is 10.1. The number of rotatable bonds is 8. The molecular weight excluding hydrogens is 540 g/mol. The zero-order chi connectivity index (χ0) is 27.6. The van der Waals surface area contributed by atoms with Crippen molar-refractivity contribution >= 4 is 27.6 Å². The minimum Gasteiger partial charge on any atom is -0.392 e. The fraction of sp³-hybridized carbons (Fsp3) is 0.462. The predicted octanol–water partition coefficient (Wildman–Crippen LogP) is 2.69. The Morgan fingerprint density at radius 1 is 1.21 bits per heavy atom. The molecule has 206 valence electrons. The minimum absolute atomic E-state index is 0.0234. The molecule has 5 rings (SSSR count). The molecule has 1 aromatic carbocycles. The van der Waals surface area contributed by atoms with Gasteiger partial charge in [-0.05, 0) is 49.8 Å². The van der Waals surface area contributed by atoms with E-state index in [0.717, 1.165) is 24.8 Å². The summed E-state index contributed by atoms with van der Waals surface area (Å²) >= 11 is 6.61. The molecule has 0 spiro atoms. The van der Waals surface area contributed by atoms with Crippen LogP contribution in [0.4, 0.5) is 5.95 Å². The van der Waals surface area contributed by atoms with E-state index < -0.39 is 10.0 Å². The Balaban J connectivity index is 1.29. The molecule has 1 saturated carbocycles. The van der Waals surface area contributed by atoms with Gasteiger partial charge in [0.05, 0.1) is 46.7 Å². The van der Waals surface area contributed by atoms with Crippen molar-refractivity contribution in [2.45, 2.75) is 56.8 Å². The quantitative estimate of drug-likeness (QED) is 0.371. The van der Waals surface area contributed by atoms with Crippen molar-refractivity contribution in [2.24, 2.45) is 0 Å². The van der Waals surface area contributed by atoms with Crippen molar-refractivity contribution in [3.05, 3.63) is 52.9 Å². The smallest absolute Gasteiger partial charge is 0.223 e. The van der Waals surface area contributed by atoms with E-state index in [1.54, 1.807) is 17.1 Å². The van der Waals surface area contributed by atoms with Gasteiger partial charge in [-0.25, -0.2) is 27.4 Å². The van der Waals surface area contributed by atoms with Crippen molar-refractivity contribution in [1.29, 1.82) is 5.26 Å². The summed E-state index contributed by atoms with van der Waals surface area (Å²) < 4.78 is 26.7. The van der Waals surface area contributed by atoms with E-state index in [2.05, 4.69) is 31.8 Å². The predicted molar refractivity (Wildman–Crippen MR) is 148 cm³/mol. The van der Waals surface area contributed by atoms with Gasteiger partial charge in [0.1, 0.15) is 6.07 Å². The van der Waals surface area contributed by atoms with Crippen molar-refractivity contribution in [3.63, 3.8) is 0 Å². The first-order chi connectivity index (χ1) is 18.7. The third-order valence-corrected chi connectivity index (χ3v) is 8.93. The van der Waals surface area contributed by atoms with Crippen LogP contribution in [-0.2, 0) is 16.6 Å². The van der Waals surface area contributed by atoms with Crippen molar-refractivity contribution < 1.29 is 13.5 Å². The number of nitrogens with zero attached hydrogens (tertiary/aromatic N) is 6. The fourth-order valence-electron chi connectivity index (χ4n) is 5.12. The summed E-state index contributed by atoms with van der Waals surface area (Å²) in [6, 6.07) is 8.02. The molecule has 2 aromatic heterocycles. The number of aliphatic hydroxyl groups is 1. The highest BCUT2D eigenvalue weighted by Gasteiger charge is 2.26. The lowest BCUT2D eigenvalue weighted by molar-refractivity contribution is 0.148. The first-order valence-electron chi connectivity index (χ1n) is 13.0. The van der Waals surface area contributed by atoms with E-state index in [1.165, 1.54) is 16.8 Å². The molecule has 1 saturated heterocycles. The van der Waals surface area contributed by atoms with Crippen LogP contribution in [0.3, 0.4) is 0 Å². The van der Waals surface area contributed by atoms with Crippen LogP contribution in [0.25, 0.3) is 16.9 Å². The molecule has 0 radical (unpaired) electrons. The Morgan fingerprint density at radius 3 is 2.67 bits per heavy atom. The van der Waals surface area contributed by atoms with E-state index in [9.17, 15) is 18.8 Å². The molecule has 3 N–H and O–H groups in total. The fourth-order valence-corrected chi connectivity index (χ4v) is 6.28. The molecule has 3 aromatic rings. The number of nitriles is 1. The third-order valence-electron chi connectivity index (χ3n) is 7.33. The first-order valence-corrected chi connectivity index (χ1v) is 15.2. The van der Waals surface area contributed by atoms with Gasteiger partial charge in [-0.2, -0.15) is 10.4 Å². The Kier molecular flexibility index (Phi) is 8.16. The molecule has 39 heavy (non-hydrogen) atoms. The van der Waals surface area contributed by atoms with Crippen LogP contribution < -0.4 is 10.6 Å². The van der Waals surface area contributed by atoms with Crippen LogP contribution in [0.1, 0.15) is 43.2 Å². The average molecular weight is 571 g/mol. The molecule has 11 nitrogen and oxygen atoms in total. The van der Waals surface area contributed by atoms with Crippen molar-refractivity contribution in [1.82, 2.24) is 29.4 Å². The SMILES string of the molecule is CS(=O)(=O)N1CCC(Nc2ncc(C#N)c(-c3cnn(-c4ccc(CN[C@H]5CCC[C@@H]5O)cc4Cl)c3)n2)CC1. The van der Waals surface area contributed by atoms with Gasteiger partial charge in [0.25, 0.3) is 0 Å². The molecule has 0 unspecified atom stereocenters. The molecule has 1 aliphatic heterocycles. The molecule has 0 amide bonds. The maximum Gasteiger partial charge on any atom is 0.223 e. The number of aromatic nitrogens is 4. The lowest BCUT2D eigenvalue weighted by atomic mass is 10.1. The highest BCUT2D eigenvalue weighted by molar-refractivity contribution is 7.88. The number of halogens is 1. The standard InChI is InChI=1S/C26H31ClN8O3S/c1-39(37,38)34-9-7-20(8-10-34)32-26-30-14-18(12-28)25(33-26)19-15-31-35(16-19)23-6-5-17(11-21(23)27)13-29-22-3-2-4-24(22)36/h5-6,11,14-16,20,22,24,29,36H,2-4,7-10,13H2,1H3,(H,30,32,33)/t22-,24-/m0/s1. The van der Waals surface area contributed by atoms with Gasteiger partial charge in [-0.1, -0.05) is 17.7 Å². The van der Waals surface area contributed by atoms with E-state index in [1.807, 2.05) is 18.2 Å². The van der Waals surface area contributed by atoms with Gasteiger partial charge in [0.15, 0.2) is 0 Å². The summed E-state index contributed by atoms with van der Waals surface area (Å²) in [4.78, 5) is 8.89. The topological polar surface area (TPSA) is 149 Å². The number of sulfonamides is 1. The van der Waals surface area contributed by atoms with Gasteiger partial charge in [0, 0.05) is 43.5 Å². The molecule has 13 heteroatoms. The minimum atomic E-state index is -3.20. The molecule has 2 aliphatic rings. The summed E-state index contributed by atoms with van der Waals surface area (Å²) in [5.74, 6) is 0.372. The lowest BCUT2D eigenvalue weighted by Crippen LogP contribution is -2.42. The van der Waals surface area contributed by atoms with Gasteiger partial charge in [-0.3, -0.25) is 0 Å². The van der Waals surface area contributed by atoms with Gasteiger partial charge >= 0.3 is 0 Å². The number of hydrogen-bond donors (Lipinski definition) is 3. The Hall–Kier alpha value is -3.08. The lowest BCUT2D eigenvalue weighted by Gasteiger charge is -2.30. The Bertz CT molecular complexity index is 1480. The second kappa shape index (κ2) is 11.6. The highest BCUT2D eigenvalue weighted by Crippen LogP contribution is 2.27. The van der Waals surface area contributed by atoms with Crippen LogP contribution in [-0.4, -0.2) is 75.1 Å². The number of benzene rings is 1. The Labute approximate surface area is 232 Å². The van der Waals surface area contributed by atoms with E-state index in [4.69, 9.17) is 11.6 Å². The van der Waals surface area contributed by atoms with Crippen molar-refractivity contribution in [2.75, 3.05) is 24.7 Å². The number of aliphatic hydroxyl groups excluding tert-OH is 1. The molecular formula is C26H31ClN8O3S. The van der Waals surface area contributed by atoms with Gasteiger partial charge in [0.2, 0.25) is 16.0 Å². The second-order valence-corrected chi connectivity index (χ2v) is 12.5. The number of anilines is 1.